The third-order valence-corrected chi connectivity index (χ3v) is 4.31. The van der Waals surface area contributed by atoms with Crippen LogP contribution in [0.2, 0.25) is 0 Å². The zero-order chi connectivity index (χ0) is 20.6. The molecule has 0 saturated heterocycles. The Bertz CT molecular complexity index is 977. The second-order valence-corrected chi connectivity index (χ2v) is 6.29. The van der Waals surface area contributed by atoms with Crippen molar-refractivity contribution in [1.29, 1.82) is 0 Å². The molecular weight excluding hydrogens is 370 g/mol. The molecule has 0 aliphatic heterocycles. The molecule has 2 heterocycles. The van der Waals surface area contributed by atoms with Crippen molar-refractivity contribution >= 4 is 23.5 Å². The summed E-state index contributed by atoms with van der Waals surface area (Å²) in [4.78, 5) is 38.4. The lowest BCUT2D eigenvalue weighted by molar-refractivity contribution is 0.0601. The molecular formula is C21H21N5O3. The topological polar surface area (TPSA) is 97.3 Å². The van der Waals surface area contributed by atoms with E-state index < -0.39 is 5.97 Å². The molecule has 1 N–H and O–H groups in total. The molecule has 3 aromatic rings. The summed E-state index contributed by atoms with van der Waals surface area (Å²) < 4.78 is 4.77. The predicted molar refractivity (Wildman–Crippen MR) is 108 cm³/mol. The molecule has 1 amide bonds. The van der Waals surface area contributed by atoms with E-state index in [9.17, 15) is 9.59 Å². The first kappa shape index (κ1) is 19.9. The standard InChI is InChI=1S/C21H21N5O3/c1-26(12-9-15-7-10-22-11-8-15)19(27)16-13-23-21(24-14-16)25-18-6-4-3-5-17(18)20(28)29-2/h3-8,10-11,13-14H,9,12H2,1-2H3,(H,23,24,25). The van der Waals surface area contributed by atoms with Gasteiger partial charge in [-0.2, -0.15) is 0 Å². The largest absolute Gasteiger partial charge is 0.465 e. The fraction of sp³-hybridized carbons (Fsp3) is 0.190. The Morgan fingerprint density at radius 1 is 1.07 bits per heavy atom. The molecule has 0 radical (unpaired) electrons. The number of carbonyl (C=O) groups is 2. The first-order valence-electron chi connectivity index (χ1n) is 8.99. The number of anilines is 2. The highest BCUT2D eigenvalue weighted by Gasteiger charge is 2.15. The summed E-state index contributed by atoms with van der Waals surface area (Å²) >= 11 is 0. The van der Waals surface area contributed by atoms with Crippen molar-refractivity contribution in [2.75, 3.05) is 26.0 Å². The minimum absolute atomic E-state index is 0.166. The monoisotopic (exact) mass is 391 g/mol. The van der Waals surface area contributed by atoms with E-state index in [1.807, 2.05) is 12.1 Å². The van der Waals surface area contributed by atoms with Crippen LogP contribution in [0, 0.1) is 0 Å². The Morgan fingerprint density at radius 2 is 1.76 bits per heavy atom. The summed E-state index contributed by atoms with van der Waals surface area (Å²) in [7, 11) is 3.06. The normalized spacial score (nSPS) is 10.3. The molecule has 0 aliphatic carbocycles. The number of para-hydroxylation sites is 1. The molecule has 2 aromatic heterocycles. The zero-order valence-electron chi connectivity index (χ0n) is 16.2. The number of nitrogens with one attached hydrogen (secondary N) is 1. The van der Waals surface area contributed by atoms with Crippen LogP contribution in [0.15, 0.2) is 61.2 Å². The molecule has 0 fully saturated rings. The van der Waals surface area contributed by atoms with E-state index in [0.29, 0.717) is 23.4 Å². The van der Waals surface area contributed by atoms with E-state index in [1.165, 1.54) is 19.5 Å². The van der Waals surface area contributed by atoms with Gasteiger partial charge in [0.25, 0.3) is 5.91 Å². The van der Waals surface area contributed by atoms with Crippen LogP contribution in [0.4, 0.5) is 11.6 Å². The van der Waals surface area contributed by atoms with Crippen LogP contribution in [0.3, 0.4) is 0 Å². The number of nitrogens with zero attached hydrogens (tertiary/aromatic N) is 4. The summed E-state index contributed by atoms with van der Waals surface area (Å²) in [6.45, 7) is 0.565. The number of carbonyl (C=O) groups excluding carboxylic acids is 2. The average Bonchev–Trinajstić information content (AvgIpc) is 2.78. The maximum atomic E-state index is 12.6. The molecule has 3 rings (SSSR count). The number of amides is 1. The minimum atomic E-state index is -0.462. The van der Waals surface area contributed by atoms with Crippen LogP contribution >= 0.6 is 0 Å². The number of benzene rings is 1. The van der Waals surface area contributed by atoms with Crippen LogP contribution in [0.5, 0.6) is 0 Å². The van der Waals surface area contributed by atoms with Crippen LogP contribution in [0.25, 0.3) is 0 Å². The second kappa shape index (κ2) is 9.41. The summed E-state index contributed by atoms with van der Waals surface area (Å²) in [5.41, 5.74) is 2.39. The molecule has 0 aliphatic rings. The van der Waals surface area contributed by atoms with Crippen LogP contribution in [0.1, 0.15) is 26.3 Å². The molecule has 0 spiro atoms. The SMILES string of the molecule is COC(=O)c1ccccc1Nc1ncc(C(=O)N(C)CCc2ccncc2)cn1. The van der Waals surface area contributed by atoms with Crippen molar-refractivity contribution in [1.82, 2.24) is 19.9 Å². The Labute approximate surface area is 168 Å². The first-order chi connectivity index (χ1) is 14.1. The van der Waals surface area contributed by atoms with Crippen LogP contribution < -0.4 is 5.32 Å². The molecule has 8 heteroatoms. The smallest absolute Gasteiger partial charge is 0.339 e. The molecule has 29 heavy (non-hydrogen) atoms. The number of esters is 1. The van der Waals surface area contributed by atoms with Gasteiger partial charge >= 0.3 is 5.97 Å². The Morgan fingerprint density at radius 3 is 2.45 bits per heavy atom. The zero-order valence-corrected chi connectivity index (χ0v) is 16.2. The number of hydrogen-bond donors (Lipinski definition) is 1. The lowest BCUT2D eigenvalue weighted by Gasteiger charge is -2.17. The maximum absolute atomic E-state index is 12.6. The van der Waals surface area contributed by atoms with Gasteiger partial charge in [-0.05, 0) is 36.2 Å². The van der Waals surface area contributed by atoms with E-state index in [0.717, 1.165) is 12.0 Å². The first-order valence-corrected chi connectivity index (χ1v) is 8.99. The highest BCUT2D eigenvalue weighted by Crippen LogP contribution is 2.19. The summed E-state index contributed by atoms with van der Waals surface area (Å²) in [6.07, 6.45) is 7.11. The van der Waals surface area contributed by atoms with Gasteiger partial charge in [-0.25, -0.2) is 14.8 Å². The Balaban J connectivity index is 1.64. The van der Waals surface area contributed by atoms with E-state index in [-0.39, 0.29) is 11.9 Å². The lowest BCUT2D eigenvalue weighted by Crippen LogP contribution is -2.29. The minimum Gasteiger partial charge on any atom is -0.465 e. The van der Waals surface area contributed by atoms with Crippen molar-refractivity contribution in [2.45, 2.75) is 6.42 Å². The van der Waals surface area contributed by atoms with E-state index >= 15 is 0 Å². The van der Waals surface area contributed by atoms with Crippen molar-refractivity contribution in [3.63, 3.8) is 0 Å². The molecule has 148 valence electrons. The van der Waals surface area contributed by atoms with Gasteiger partial charge in [-0.3, -0.25) is 9.78 Å². The Hall–Kier alpha value is -3.81. The quantitative estimate of drug-likeness (QED) is 0.619. The van der Waals surface area contributed by atoms with Gasteiger partial charge in [0.05, 0.1) is 23.9 Å². The van der Waals surface area contributed by atoms with Gasteiger partial charge in [-0.15, -0.1) is 0 Å². The maximum Gasteiger partial charge on any atom is 0.339 e. The van der Waals surface area contributed by atoms with E-state index in [4.69, 9.17) is 4.74 Å². The van der Waals surface area contributed by atoms with Gasteiger partial charge in [0.2, 0.25) is 5.95 Å². The van der Waals surface area contributed by atoms with Gasteiger partial charge in [0, 0.05) is 38.4 Å². The fourth-order valence-corrected chi connectivity index (χ4v) is 2.67. The summed E-state index contributed by atoms with van der Waals surface area (Å²) in [5, 5.41) is 2.98. The molecule has 0 bridgehead atoms. The van der Waals surface area contributed by atoms with Crippen LogP contribution in [-0.4, -0.2) is 52.4 Å². The molecule has 0 saturated carbocycles. The van der Waals surface area contributed by atoms with Crippen molar-refractivity contribution in [3.05, 3.63) is 77.9 Å². The van der Waals surface area contributed by atoms with Crippen molar-refractivity contribution in [2.24, 2.45) is 0 Å². The third-order valence-electron chi connectivity index (χ3n) is 4.31. The molecule has 0 unspecified atom stereocenters. The summed E-state index contributed by atoms with van der Waals surface area (Å²) in [5.74, 6) is -0.353. The van der Waals surface area contributed by atoms with Gasteiger partial charge in [0.1, 0.15) is 0 Å². The van der Waals surface area contributed by atoms with Gasteiger partial charge < -0.3 is 15.0 Å². The number of pyridine rings is 1. The van der Waals surface area contributed by atoms with Gasteiger partial charge in [-0.1, -0.05) is 12.1 Å². The van der Waals surface area contributed by atoms with Gasteiger partial charge in [0.15, 0.2) is 0 Å². The van der Waals surface area contributed by atoms with E-state index in [2.05, 4.69) is 20.3 Å². The highest BCUT2D eigenvalue weighted by atomic mass is 16.5. The number of aromatic nitrogens is 3. The predicted octanol–water partition coefficient (Wildman–Crippen LogP) is 2.72. The van der Waals surface area contributed by atoms with Crippen LogP contribution in [-0.2, 0) is 11.2 Å². The Kier molecular flexibility index (Phi) is 6.47. The number of hydrogen-bond acceptors (Lipinski definition) is 7. The summed E-state index contributed by atoms with van der Waals surface area (Å²) in [6, 6.07) is 10.7. The average molecular weight is 391 g/mol. The van der Waals surface area contributed by atoms with Crippen molar-refractivity contribution in [3.8, 4) is 0 Å². The van der Waals surface area contributed by atoms with E-state index in [1.54, 1.807) is 48.6 Å². The molecule has 8 nitrogen and oxygen atoms in total. The number of ether oxygens (including phenoxy) is 1. The molecule has 1 aromatic carbocycles. The fourth-order valence-electron chi connectivity index (χ4n) is 2.67. The third kappa shape index (κ3) is 5.13. The highest BCUT2D eigenvalue weighted by molar-refractivity contribution is 5.96. The number of rotatable bonds is 7. The second-order valence-electron chi connectivity index (χ2n) is 6.29. The lowest BCUT2D eigenvalue weighted by atomic mass is 10.2. The van der Waals surface area contributed by atoms with Crippen molar-refractivity contribution < 1.29 is 14.3 Å². The molecule has 0 atom stereocenters. The number of likely N-dealkylation sites (N-methyl/N-ethyl adjacent to an activating group) is 1. The number of methoxy groups -OCH3 is 1.